The summed E-state index contributed by atoms with van der Waals surface area (Å²) in [6, 6.07) is -0.988. The Bertz CT molecular complexity index is 379. The first-order valence-electron chi connectivity index (χ1n) is 4.81. The molecule has 0 aromatic carbocycles. The van der Waals surface area contributed by atoms with E-state index in [4.69, 9.17) is 15.4 Å². The molecule has 0 aromatic heterocycles. The van der Waals surface area contributed by atoms with Crippen molar-refractivity contribution in [3.63, 3.8) is 0 Å². The average Bonchev–Trinajstić information content (AvgIpc) is 2.20. The van der Waals surface area contributed by atoms with Gasteiger partial charge in [0.15, 0.2) is 0 Å². The molecule has 0 unspecified atom stereocenters. The van der Waals surface area contributed by atoms with Crippen LogP contribution in [0.5, 0.6) is 0 Å². The lowest BCUT2D eigenvalue weighted by molar-refractivity contribution is -0.137. The monoisotopic (exact) mass is 268 g/mol. The van der Waals surface area contributed by atoms with Crippen molar-refractivity contribution in [1.29, 1.82) is 0 Å². The minimum atomic E-state index is -4.13. The lowest BCUT2D eigenvalue weighted by Gasteiger charge is -2.20. The van der Waals surface area contributed by atoms with Gasteiger partial charge < -0.3 is 15.7 Å². The standard InChI is InChI=1S/C8H16N2O6S/c1-10(4-5-17(14,15)16)8(13)6(9)2-3-7(11)12/h6H,2-5,9H2,1H3,(H,11,12)(H,14,15,16)/t6-/m0/s1. The normalized spacial score (nSPS) is 13.1. The summed E-state index contributed by atoms with van der Waals surface area (Å²) in [5.74, 6) is -2.20. The Hall–Kier alpha value is -1.19. The zero-order valence-corrected chi connectivity index (χ0v) is 10.2. The first-order chi connectivity index (χ1) is 7.63. The molecule has 0 heterocycles. The van der Waals surface area contributed by atoms with E-state index in [1.807, 2.05) is 0 Å². The number of hydrogen-bond acceptors (Lipinski definition) is 5. The van der Waals surface area contributed by atoms with Gasteiger partial charge in [-0.1, -0.05) is 0 Å². The summed E-state index contributed by atoms with van der Waals surface area (Å²) < 4.78 is 29.4. The summed E-state index contributed by atoms with van der Waals surface area (Å²) in [6.45, 7) is -0.196. The number of hydrogen-bond donors (Lipinski definition) is 3. The lowest BCUT2D eigenvalue weighted by Crippen LogP contribution is -2.43. The van der Waals surface area contributed by atoms with Crippen LogP contribution in [-0.4, -0.2) is 60.2 Å². The van der Waals surface area contributed by atoms with Crippen LogP contribution in [0, 0.1) is 0 Å². The Labute approximate surface area is 99.1 Å². The summed E-state index contributed by atoms with van der Waals surface area (Å²) >= 11 is 0. The van der Waals surface area contributed by atoms with E-state index in [0.29, 0.717) is 0 Å². The van der Waals surface area contributed by atoms with Gasteiger partial charge in [-0.2, -0.15) is 8.42 Å². The fraction of sp³-hybridized carbons (Fsp3) is 0.750. The predicted molar refractivity (Wildman–Crippen MR) is 58.9 cm³/mol. The second-order valence-electron chi connectivity index (χ2n) is 3.58. The van der Waals surface area contributed by atoms with Gasteiger partial charge in [0.05, 0.1) is 11.8 Å². The average molecular weight is 268 g/mol. The second kappa shape index (κ2) is 6.52. The third-order valence-corrected chi connectivity index (χ3v) is 2.75. The smallest absolute Gasteiger partial charge is 0.303 e. The molecular weight excluding hydrogens is 252 g/mol. The maximum atomic E-state index is 11.5. The van der Waals surface area contributed by atoms with E-state index in [2.05, 4.69) is 0 Å². The molecule has 1 amide bonds. The van der Waals surface area contributed by atoms with E-state index in [-0.39, 0.29) is 19.4 Å². The Morgan fingerprint density at radius 2 is 1.94 bits per heavy atom. The van der Waals surface area contributed by atoms with Gasteiger partial charge in [0.1, 0.15) is 0 Å². The SMILES string of the molecule is CN(CCS(=O)(=O)O)C(=O)[C@@H](N)CCC(=O)O. The van der Waals surface area contributed by atoms with Crippen molar-refractivity contribution in [1.82, 2.24) is 4.90 Å². The van der Waals surface area contributed by atoms with Crippen molar-refractivity contribution in [2.75, 3.05) is 19.3 Å². The number of carboxylic acids is 1. The number of amides is 1. The molecule has 1 atom stereocenters. The van der Waals surface area contributed by atoms with Gasteiger partial charge in [0.25, 0.3) is 10.1 Å². The Kier molecular flexibility index (Phi) is 6.07. The molecule has 4 N–H and O–H groups in total. The largest absolute Gasteiger partial charge is 0.481 e. The molecule has 0 radical (unpaired) electrons. The molecule has 0 saturated carbocycles. The molecule has 0 saturated heterocycles. The summed E-state index contributed by atoms with van der Waals surface area (Å²) in [4.78, 5) is 22.8. The molecule has 0 fully saturated rings. The zero-order valence-electron chi connectivity index (χ0n) is 9.37. The number of nitrogens with zero attached hydrogens (tertiary/aromatic N) is 1. The predicted octanol–water partition coefficient (Wildman–Crippen LogP) is -1.48. The van der Waals surface area contributed by atoms with Gasteiger partial charge in [0, 0.05) is 20.0 Å². The van der Waals surface area contributed by atoms with E-state index >= 15 is 0 Å². The Morgan fingerprint density at radius 3 is 2.35 bits per heavy atom. The number of likely N-dealkylation sites (N-methyl/N-ethyl adjacent to an activating group) is 1. The van der Waals surface area contributed by atoms with Gasteiger partial charge in [-0.15, -0.1) is 0 Å². The topological polar surface area (TPSA) is 138 Å². The van der Waals surface area contributed by atoms with Crippen molar-refractivity contribution in [3.05, 3.63) is 0 Å². The number of carbonyl (C=O) groups excluding carboxylic acids is 1. The minimum Gasteiger partial charge on any atom is -0.481 e. The van der Waals surface area contributed by atoms with Crippen molar-refractivity contribution in [2.24, 2.45) is 5.73 Å². The van der Waals surface area contributed by atoms with Crippen LogP contribution in [0.3, 0.4) is 0 Å². The highest BCUT2D eigenvalue weighted by molar-refractivity contribution is 7.85. The molecule has 9 heteroatoms. The second-order valence-corrected chi connectivity index (χ2v) is 5.16. The molecule has 0 aliphatic heterocycles. The molecule has 0 aromatic rings. The number of rotatable bonds is 7. The van der Waals surface area contributed by atoms with Crippen LogP contribution in [-0.2, 0) is 19.7 Å². The summed E-state index contributed by atoms with van der Waals surface area (Å²) in [5.41, 5.74) is 5.44. The molecule has 0 aliphatic rings. The maximum Gasteiger partial charge on any atom is 0.303 e. The van der Waals surface area contributed by atoms with E-state index in [0.717, 1.165) is 4.90 Å². The quantitative estimate of drug-likeness (QED) is 0.479. The van der Waals surface area contributed by atoms with Crippen LogP contribution in [0.1, 0.15) is 12.8 Å². The first-order valence-corrected chi connectivity index (χ1v) is 6.42. The summed E-state index contributed by atoms with van der Waals surface area (Å²) in [6.07, 6.45) is -0.260. The maximum absolute atomic E-state index is 11.5. The van der Waals surface area contributed by atoms with Crippen LogP contribution in [0.4, 0.5) is 0 Å². The summed E-state index contributed by atoms with van der Waals surface area (Å²) in [7, 11) is -2.81. The Morgan fingerprint density at radius 1 is 1.41 bits per heavy atom. The van der Waals surface area contributed by atoms with Crippen molar-refractivity contribution in [2.45, 2.75) is 18.9 Å². The van der Waals surface area contributed by atoms with Crippen molar-refractivity contribution < 1.29 is 27.7 Å². The third-order valence-electron chi connectivity index (χ3n) is 2.05. The number of carbonyl (C=O) groups is 2. The van der Waals surface area contributed by atoms with Gasteiger partial charge in [-0.3, -0.25) is 14.1 Å². The molecule has 0 bridgehead atoms. The van der Waals surface area contributed by atoms with Crippen LogP contribution < -0.4 is 5.73 Å². The molecular formula is C8H16N2O6S. The molecule has 0 rings (SSSR count). The van der Waals surface area contributed by atoms with E-state index in [1.54, 1.807) is 0 Å². The number of nitrogens with two attached hydrogens (primary N) is 1. The molecule has 8 nitrogen and oxygen atoms in total. The highest BCUT2D eigenvalue weighted by atomic mass is 32.2. The fourth-order valence-electron chi connectivity index (χ4n) is 1.05. The number of carboxylic acid groups (broad SMARTS) is 1. The lowest BCUT2D eigenvalue weighted by atomic mass is 10.1. The third kappa shape index (κ3) is 7.66. The van der Waals surface area contributed by atoms with Crippen molar-refractivity contribution in [3.8, 4) is 0 Å². The minimum absolute atomic E-state index is 0.0234. The van der Waals surface area contributed by atoms with Crippen LogP contribution in [0.25, 0.3) is 0 Å². The van der Waals surface area contributed by atoms with E-state index in [1.165, 1.54) is 7.05 Å². The van der Waals surface area contributed by atoms with Gasteiger partial charge in [-0.25, -0.2) is 0 Å². The highest BCUT2D eigenvalue weighted by Gasteiger charge is 2.20. The number of aliphatic carboxylic acids is 1. The van der Waals surface area contributed by atoms with Crippen LogP contribution >= 0.6 is 0 Å². The van der Waals surface area contributed by atoms with Gasteiger partial charge in [-0.05, 0) is 6.42 Å². The summed E-state index contributed by atoms with van der Waals surface area (Å²) in [5, 5.41) is 8.40. The molecule has 100 valence electrons. The van der Waals surface area contributed by atoms with Crippen molar-refractivity contribution >= 4 is 22.0 Å². The zero-order chi connectivity index (χ0) is 13.6. The Balaban J connectivity index is 4.16. The highest BCUT2D eigenvalue weighted by Crippen LogP contribution is 1.99. The van der Waals surface area contributed by atoms with E-state index in [9.17, 15) is 18.0 Å². The molecule has 0 aliphatic carbocycles. The van der Waals surface area contributed by atoms with Crippen LogP contribution in [0.2, 0.25) is 0 Å². The van der Waals surface area contributed by atoms with Gasteiger partial charge in [0.2, 0.25) is 5.91 Å². The first kappa shape index (κ1) is 15.8. The molecule has 0 spiro atoms. The molecule has 17 heavy (non-hydrogen) atoms. The van der Waals surface area contributed by atoms with E-state index < -0.39 is 33.8 Å². The van der Waals surface area contributed by atoms with Crippen LogP contribution in [0.15, 0.2) is 0 Å². The fourth-order valence-corrected chi connectivity index (χ4v) is 1.55. The van der Waals surface area contributed by atoms with Gasteiger partial charge >= 0.3 is 5.97 Å².